The molecule has 0 saturated carbocycles. The molecule has 1 heterocycles. The van der Waals surface area contributed by atoms with Crippen molar-refractivity contribution in [3.05, 3.63) is 59.4 Å². The summed E-state index contributed by atoms with van der Waals surface area (Å²) >= 11 is 7.66. The lowest BCUT2D eigenvalue weighted by atomic mass is 10.2. The average molecular weight is 332 g/mol. The van der Waals surface area contributed by atoms with Crippen LogP contribution >= 0.6 is 23.4 Å². The van der Waals surface area contributed by atoms with Gasteiger partial charge in [0.05, 0.1) is 6.54 Å². The zero-order valence-corrected chi connectivity index (χ0v) is 13.5. The van der Waals surface area contributed by atoms with Crippen molar-refractivity contribution < 1.29 is 4.42 Å². The van der Waals surface area contributed by atoms with Gasteiger partial charge in [0.2, 0.25) is 11.8 Å². The number of rotatable bonds is 5. The molecule has 0 atom stereocenters. The molecule has 0 unspecified atom stereocenters. The summed E-state index contributed by atoms with van der Waals surface area (Å²) in [5, 5.41) is 12.1. The highest BCUT2D eigenvalue weighted by molar-refractivity contribution is 7.98. The second-order valence-corrected chi connectivity index (χ2v) is 5.85. The van der Waals surface area contributed by atoms with Gasteiger partial charge in [0, 0.05) is 21.2 Å². The molecule has 3 aromatic rings. The monoisotopic (exact) mass is 331 g/mol. The number of halogens is 1. The van der Waals surface area contributed by atoms with Gasteiger partial charge in [-0.3, -0.25) is 0 Å². The Balaban J connectivity index is 1.72. The predicted molar refractivity (Wildman–Crippen MR) is 90.3 cm³/mol. The fourth-order valence-corrected chi connectivity index (χ4v) is 2.79. The average Bonchev–Trinajstić information content (AvgIpc) is 3.02. The molecule has 1 N–H and O–H groups in total. The Morgan fingerprint density at radius 1 is 1.14 bits per heavy atom. The van der Waals surface area contributed by atoms with E-state index in [0.29, 0.717) is 23.3 Å². The van der Waals surface area contributed by atoms with Gasteiger partial charge < -0.3 is 9.73 Å². The Morgan fingerprint density at radius 2 is 2.00 bits per heavy atom. The molecule has 0 amide bonds. The number of hydrogen-bond acceptors (Lipinski definition) is 5. The first-order chi connectivity index (χ1) is 10.8. The van der Waals surface area contributed by atoms with Crippen molar-refractivity contribution >= 4 is 29.1 Å². The number of benzene rings is 2. The topological polar surface area (TPSA) is 51.0 Å². The fourth-order valence-electron chi connectivity index (χ4n) is 2.02. The van der Waals surface area contributed by atoms with Gasteiger partial charge in [-0.1, -0.05) is 29.8 Å². The molecule has 0 aliphatic carbocycles. The fraction of sp³-hybridized carbons (Fsp3) is 0.125. The molecular weight excluding hydrogens is 318 g/mol. The van der Waals surface area contributed by atoms with E-state index in [4.69, 9.17) is 16.0 Å². The Hall–Kier alpha value is -1.98. The SMILES string of the molecule is CSc1ccccc1NCc1nnc(-c2cccc(Cl)c2)o1. The van der Waals surface area contributed by atoms with Gasteiger partial charge in [0.25, 0.3) is 0 Å². The second kappa shape index (κ2) is 6.85. The van der Waals surface area contributed by atoms with Crippen LogP contribution in [0.5, 0.6) is 0 Å². The van der Waals surface area contributed by atoms with Crippen LogP contribution in [-0.2, 0) is 6.54 Å². The molecule has 0 aliphatic heterocycles. The first kappa shape index (κ1) is 14.9. The van der Waals surface area contributed by atoms with Crippen molar-refractivity contribution in [1.82, 2.24) is 10.2 Å². The maximum Gasteiger partial charge on any atom is 0.247 e. The number of anilines is 1. The van der Waals surface area contributed by atoms with Crippen LogP contribution in [-0.4, -0.2) is 16.5 Å². The molecule has 3 rings (SSSR count). The Bertz CT molecular complexity index is 775. The van der Waals surface area contributed by atoms with Crippen molar-refractivity contribution in [2.75, 3.05) is 11.6 Å². The summed E-state index contributed by atoms with van der Waals surface area (Å²) in [6.45, 7) is 0.477. The van der Waals surface area contributed by atoms with E-state index in [1.807, 2.05) is 42.7 Å². The summed E-state index contributed by atoms with van der Waals surface area (Å²) < 4.78 is 5.67. The minimum Gasteiger partial charge on any atom is -0.419 e. The van der Waals surface area contributed by atoms with Gasteiger partial charge in [0.15, 0.2) is 0 Å². The van der Waals surface area contributed by atoms with Crippen LogP contribution in [0, 0.1) is 0 Å². The largest absolute Gasteiger partial charge is 0.419 e. The smallest absolute Gasteiger partial charge is 0.247 e. The zero-order chi connectivity index (χ0) is 15.4. The van der Waals surface area contributed by atoms with Crippen molar-refractivity contribution in [2.45, 2.75) is 11.4 Å². The normalized spacial score (nSPS) is 10.6. The minimum absolute atomic E-state index is 0.470. The Morgan fingerprint density at radius 3 is 2.82 bits per heavy atom. The summed E-state index contributed by atoms with van der Waals surface area (Å²) in [7, 11) is 0. The van der Waals surface area contributed by atoms with Crippen LogP contribution in [0.15, 0.2) is 57.8 Å². The Kier molecular flexibility index (Phi) is 4.65. The predicted octanol–water partition coefficient (Wildman–Crippen LogP) is 4.72. The third-order valence-corrected chi connectivity index (χ3v) is 4.11. The summed E-state index contributed by atoms with van der Waals surface area (Å²) in [6, 6.07) is 15.5. The van der Waals surface area contributed by atoms with E-state index >= 15 is 0 Å². The standard InChI is InChI=1S/C16H14ClN3OS/c1-22-14-8-3-2-7-13(14)18-10-15-19-20-16(21-15)11-5-4-6-12(17)9-11/h2-9,18H,10H2,1H3. The maximum absolute atomic E-state index is 5.97. The van der Waals surface area contributed by atoms with Crippen LogP contribution in [0.2, 0.25) is 5.02 Å². The molecule has 6 heteroatoms. The summed E-state index contributed by atoms with van der Waals surface area (Å²) in [5.74, 6) is 1.00. The van der Waals surface area contributed by atoms with Crippen molar-refractivity contribution in [1.29, 1.82) is 0 Å². The highest BCUT2D eigenvalue weighted by Crippen LogP contribution is 2.25. The van der Waals surface area contributed by atoms with E-state index in [1.165, 1.54) is 4.90 Å². The molecule has 112 valence electrons. The van der Waals surface area contributed by atoms with Gasteiger partial charge in [-0.2, -0.15) is 0 Å². The summed E-state index contributed by atoms with van der Waals surface area (Å²) in [4.78, 5) is 1.18. The van der Waals surface area contributed by atoms with Gasteiger partial charge in [-0.05, 0) is 36.6 Å². The molecule has 0 saturated heterocycles. The summed E-state index contributed by atoms with van der Waals surface area (Å²) in [5.41, 5.74) is 1.87. The Labute approximate surface area is 137 Å². The van der Waals surface area contributed by atoms with Crippen LogP contribution < -0.4 is 5.32 Å². The lowest BCUT2D eigenvalue weighted by molar-refractivity contribution is 0.515. The molecule has 1 aromatic heterocycles. The zero-order valence-electron chi connectivity index (χ0n) is 11.9. The number of nitrogens with zero attached hydrogens (tertiary/aromatic N) is 2. The van der Waals surface area contributed by atoms with Crippen molar-refractivity contribution in [3.63, 3.8) is 0 Å². The molecule has 0 fully saturated rings. The lowest BCUT2D eigenvalue weighted by Gasteiger charge is -2.07. The maximum atomic E-state index is 5.97. The molecule has 0 bridgehead atoms. The van der Waals surface area contributed by atoms with E-state index in [1.54, 1.807) is 17.8 Å². The van der Waals surface area contributed by atoms with Gasteiger partial charge in [-0.25, -0.2) is 0 Å². The number of thioether (sulfide) groups is 1. The van der Waals surface area contributed by atoms with Crippen LogP contribution in [0.1, 0.15) is 5.89 Å². The van der Waals surface area contributed by atoms with E-state index in [9.17, 15) is 0 Å². The molecule has 0 spiro atoms. The van der Waals surface area contributed by atoms with E-state index in [0.717, 1.165) is 11.3 Å². The van der Waals surface area contributed by atoms with Gasteiger partial charge in [0.1, 0.15) is 0 Å². The lowest BCUT2D eigenvalue weighted by Crippen LogP contribution is -2.00. The second-order valence-electron chi connectivity index (χ2n) is 4.57. The third kappa shape index (κ3) is 3.43. The van der Waals surface area contributed by atoms with E-state index < -0.39 is 0 Å². The quantitative estimate of drug-likeness (QED) is 0.685. The first-order valence-electron chi connectivity index (χ1n) is 6.71. The minimum atomic E-state index is 0.470. The highest BCUT2D eigenvalue weighted by atomic mass is 35.5. The number of para-hydroxylation sites is 1. The summed E-state index contributed by atoms with van der Waals surface area (Å²) in [6.07, 6.45) is 2.05. The highest BCUT2D eigenvalue weighted by Gasteiger charge is 2.09. The third-order valence-electron chi connectivity index (χ3n) is 3.08. The van der Waals surface area contributed by atoms with Crippen LogP contribution in [0.25, 0.3) is 11.5 Å². The number of nitrogens with one attached hydrogen (secondary N) is 1. The first-order valence-corrected chi connectivity index (χ1v) is 8.32. The van der Waals surface area contributed by atoms with Gasteiger partial charge >= 0.3 is 0 Å². The molecule has 2 aromatic carbocycles. The van der Waals surface area contributed by atoms with E-state index in [2.05, 4.69) is 21.6 Å². The number of aromatic nitrogens is 2. The van der Waals surface area contributed by atoms with Crippen molar-refractivity contribution in [3.8, 4) is 11.5 Å². The van der Waals surface area contributed by atoms with Gasteiger partial charge in [-0.15, -0.1) is 22.0 Å². The molecule has 22 heavy (non-hydrogen) atoms. The molecular formula is C16H14ClN3OS. The molecule has 0 radical (unpaired) electrons. The van der Waals surface area contributed by atoms with Crippen LogP contribution in [0.4, 0.5) is 5.69 Å². The van der Waals surface area contributed by atoms with E-state index in [-0.39, 0.29) is 0 Å². The van der Waals surface area contributed by atoms with Crippen molar-refractivity contribution in [2.24, 2.45) is 0 Å². The molecule has 4 nitrogen and oxygen atoms in total. The number of hydrogen-bond donors (Lipinski definition) is 1. The molecule has 0 aliphatic rings. The van der Waals surface area contributed by atoms with Crippen LogP contribution in [0.3, 0.4) is 0 Å².